The fraction of sp³-hybridized carbons (Fsp3) is 0.556. The lowest BCUT2D eigenvalue weighted by atomic mass is 10.1. The fourth-order valence-corrected chi connectivity index (χ4v) is 0.843. The Morgan fingerprint density at radius 2 is 2.08 bits per heavy atom. The molecule has 0 spiro atoms. The molecular weight excluding hydrogens is 150 g/mol. The zero-order chi connectivity index (χ0) is 9.19. The van der Waals surface area contributed by atoms with Gasteiger partial charge in [-0.1, -0.05) is 0 Å². The summed E-state index contributed by atoms with van der Waals surface area (Å²) in [6, 6.07) is 1.89. The first-order chi connectivity index (χ1) is 5.49. The first-order valence-electron chi connectivity index (χ1n) is 4.02. The maximum Gasteiger partial charge on any atom is 0.224 e. The molecule has 0 fully saturated rings. The molecule has 0 radical (unpaired) electrons. The average Bonchev–Trinajstić information content (AvgIpc) is 1.91. The Bertz CT molecular complexity index is 317. The highest BCUT2D eigenvalue weighted by Gasteiger charge is 2.06. The van der Waals surface area contributed by atoms with Gasteiger partial charge in [0.2, 0.25) is 5.62 Å². The second kappa shape index (κ2) is 3.09. The third-order valence-corrected chi connectivity index (χ3v) is 1.34. The van der Waals surface area contributed by atoms with E-state index in [0.717, 1.165) is 5.62 Å². The zero-order valence-corrected chi connectivity index (χ0v) is 8.07. The van der Waals surface area contributed by atoms with Crippen LogP contribution in [0.2, 0.25) is 0 Å². The van der Waals surface area contributed by atoms with Crippen LogP contribution in [-0.4, -0.2) is 15.1 Å². The molecule has 0 N–H and O–H groups in total. The van der Waals surface area contributed by atoms with Crippen LogP contribution in [0.25, 0.3) is 0 Å². The van der Waals surface area contributed by atoms with E-state index in [0.29, 0.717) is 0 Å². The van der Waals surface area contributed by atoms with Crippen LogP contribution in [0.1, 0.15) is 20.8 Å². The Hall–Kier alpha value is -1.12. The van der Waals surface area contributed by atoms with Crippen molar-refractivity contribution in [3.05, 3.63) is 24.1 Å². The first-order valence-corrected chi connectivity index (χ1v) is 4.02. The van der Waals surface area contributed by atoms with Crippen molar-refractivity contribution in [2.24, 2.45) is 12.0 Å². The summed E-state index contributed by atoms with van der Waals surface area (Å²) in [6.45, 7) is 6.17. The van der Waals surface area contributed by atoms with Crippen LogP contribution in [0.4, 0.5) is 0 Å². The summed E-state index contributed by atoms with van der Waals surface area (Å²) < 4.78 is 1.91. The maximum atomic E-state index is 4.44. The van der Waals surface area contributed by atoms with Crippen LogP contribution in [0.5, 0.6) is 0 Å². The second-order valence-corrected chi connectivity index (χ2v) is 3.81. The van der Waals surface area contributed by atoms with E-state index < -0.39 is 0 Å². The SMILES string of the molecule is Cn1cccnc1=NC(C)(C)C. The van der Waals surface area contributed by atoms with E-state index >= 15 is 0 Å². The van der Waals surface area contributed by atoms with Crippen LogP contribution in [0.3, 0.4) is 0 Å². The minimum Gasteiger partial charge on any atom is -0.321 e. The molecule has 1 aromatic heterocycles. The zero-order valence-electron chi connectivity index (χ0n) is 8.07. The number of hydrogen-bond donors (Lipinski definition) is 0. The quantitative estimate of drug-likeness (QED) is 0.566. The molecule has 1 rings (SSSR count). The van der Waals surface area contributed by atoms with Crippen molar-refractivity contribution in [2.75, 3.05) is 0 Å². The summed E-state index contributed by atoms with van der Waals surface area (Å²) in [7, 11) is 1.94. The molecule has 0 unspecified atom stereocenters. The van der Waals surface area contributed by atoms with Crippen molar-refractivity contribution in [3.63, 3.8) is 0 Å². The van der Waals surface area contributed by atoms with Crippen molar-refractivity contribution in [2.45, 2.75) is 26.3 Å². The smallest absolute Gasteiger partial charge is 0.224 e. The van der Waals surface area contributed by atoms with Crippen LogP contribution >= 0.6 is 0 Å². The van der Waals surface area contributed by atoms with Gasteiger partial charge in [0.15, 0.2) is 0 Å². The minimum atomic E-state index is -0.0634. The van der Waals surface area contributed by atoms with Gasteiger partial charge in [-0.15, -0.1) is 0 Å². The lowest BCUT2D eigenvalue weighted by Crippen LogP contribution is -2.26. The molecule has 0 aromatic carbocycles. The molecule has 12 heavy (non-hydrogen) atoms. The molecule has 0 saturated heterocycles. The van der Waals surface area contributed by atoms with Gasteiger partial charge in [-0.05, 0) is 26.8 Å². The summed E-state index contributed by atoms with van der Waals surface area (Å²) in [6.07, 6.45) is 3.70. The fourth-order valence-electron chi connectivity index (χ4n) is 0.843. The molecule has 3 heteroatoms. The van der Waals surface area contributed by atoms with E-state index in [1.54, 1.807) is 6.20 Å². The molecular formula is C9H15N3. The molecule has 0 aliphatic heterocycles. The van der Waals surface area contributed by atoms with Gasteiger partial charge in [-0.25, -0.2) is 9.98 Å². The largest absolute Gasteiger partial charge is 0.321 e. The summed E-state index contributed by atoms with van der Waals surface area (Å²) in [4.78, 5) is 8.60. The molecule has 0 bridgehead atoms. The highest BCUT2D eigenvalue weighted by Crippen LogP contribution is 2.03. The van der Waals surface area contributed by atoms with E-state index in [2.05, 4.69) is 30.7 Å². The predicted octanol–water partition coefficient (Wildman–Crippen LogP) is 1.12. The maximum absolute atomic E-state index is 4.44. The standard InChI is InChI=1S/C9H15N3/c1-9(2,3)11-8-10-6-5-7-12(8)4/h5-7H,1-4H3. The first kappa shape index (κ1) is 8.97. The third kappa shape index (κ3) is 2.49. The van der Waals surface area contributed by atoms with Crippen molar-refractivity contribution in [3.8, 4) is 0 Å². The molecule has 3 nitrogen and oxygen atoms in total. The molecule has 0 amide bonds. The van der Waals surface area contributed by atoms with Crippen molar-refractivity contribution >= 4 is 0 Å². The number of aryl methyl sites for hydroxylation is 1. The predicted molar refractivity (Wildman–Crippen MR) is 48.5 cm³/mol. The second-order valence-electron chi connectivity index (χ2n) is 3.81. The van der Waals surface area contributed by atoms with Crippen molar-refractivity contribution < 1.29 is 0 Å². The van der Waals surface area contributed by atoms with Crippen molar-refractivity contribution in [1.29, 1.82) is 0 Å². The van der Waals surface area contributed by atoms with Gasteiger partial charge < -0.3 is 4.57 Å². The third-order valence-electron chi connectivity index (χ3n) is 1.34. The van der Waals surface area contributed by atoms with Gasteiger partial charge in [-0.2, -0.15) is 0 Å². The van der Waals surface area contributed by atoms with E-state index in [4.69, 9.17) is 0 Å². The molecule has 1 heterocycles. The normalized spacial score (nSPS) is 13.5. The Kier molecular flexibility index (Phi) is 2.31. The van der Waals surface area contributed by atoms with E-state index in [-0.39, 0.29) is 5.54 Å². The number of nitrogens with zero attached hydrogens (tertiary/aromatic N) is 3. The van der Waals surface area contributed by atoms with E-state index in [9.17, 15) is 0 Å². The van der Waals surface area contributed by atoms with Crippen LogP contribution < -0.4 is 5.62 Å². The Balaban J connectivity index is 3.20. The van der Waals surface area contributed by atoms with Crippen molar-refractivity contribution in [1.82, 2.24) is 9.55 Å². The van der Waals surface area contributed by atoms with Gasteiger partial charge >= 0.3 is 0 Å². The minimum absolute atomic E-state index is 0.0634. The number of rotatable bonds is 0. The molecule has 1 aromatic rings. The highest BCUT2D eigenvalue weighted by molar-refractivity contribution is 4.81. The van der Waals surface area contributed by atoms with E-state index in [1.807, 2.05) is 23.9 Å². The summed E-state index contributed by atoms with van der Waals surface area (Å²) >= 11 is 0. The molecule has 0 atom stereocenters. The van der Waals surface area contributed by atoms with E-state index in [1.165, 1.54) is 0 Å². The summed E-state index contributed by atoms with van der Waals surface area (Å²) in [5.74, 6) is 0. The van der Waals surface area contributed by atoms with Crippen LogP contribution in [0.15, 0.2) is 23.5 Å². The number of aromatic nitrogens is 2. The topological polar surface area (TPSA) is 30.2 Å². The molecule has 0 saturated carbocycles. The van der Waals surface area contributed by atoms with Crippen LogP contribution in [0, 0.1) is 0 Å². The van der Waals surface area contributed by atoms with Gasteiger partial charge in [-0.3, -0.25) is 0 Å². The highest BCUT2D eigenvalue weighted by atomic mass is 15.1. The lowest BCUT2D eigenvalue weighted by molar-refractivity contribution is 0.542. The summed E-state index contributed by atoms with van der Waals surface area (Å²) in [5, 5.41) is 0. The Morgan fingerprint density at radius 1 is 1.42 bits per heavy atom. The van der Waals surface area contributed by atoms with Gasteiger partial charge in [0, 0.05) is 19.4 Å². The molecule has 66 valence electrons. The van der Waals surface area contributed by atoms with Crippen LogP contribution in [-0.2, 0) is 7.05 Å². The Labute approximate surface area is 72.8 Å². The lowest BCUT2D eigenvalue weighted by Gasteiger charge is -2.10. The monoisotopic (exact) mass is 165 g/mol. The summed E-state index contributed by atoms with van der Waals surface area (Å²) in [5.41, 5.74) is 0.705. The molecule has 0 aliphatic carbocycles. The van der Waals surface area contributed by atoms with Gasteiger partial charge in [0.25, 0.3) is 0 Å². The van der Waals surface area contributed by atoms with Gasteiger partial charge in [0.05, 0.1) is 5.54 Å². The Morgan fingerprint density at radius 3 is 2.58 bits per heavy atom. The molecule has 0 aliphatic rings. The van der Waals surface area contributed by atoms with Gasteiger partial charge in [0.1, 0.15) is 0 Å². The number of hydrogen-bond acceptors (Lipinski definition) is 2. The average molecular weight is 165 g/mol.